The molecule has 0 aromatic carbocycles. The highest BCUT2D eigenvalue weighted by Crippen LogP contribution is 2.26. The van der Waals surface area contributed by atoms with Crippen LogP contribution in [0.25, 0.3) is 0 Å². The fourth-order valence-electron chi connectivity index (χ4n) is 3.05. The molecule has 0 aromatic heterocycles. The largest absolute Gasteiger partial charge is 0.329 e. The van der Waals surface area contributed by atoms with Gasteiger partial charge in [0.2, 0.25) is 0 Å². The maximum absolute atomic E-state index is 5.88. The lowest BCUT2D eigenvalue weighted by Crippen LogP contribution is -2.44. The maximum atomic E-state index is 5.88. The Kier molecular flexibility index (Phi) is 5.77. The summed E-state index contributed by atoms with van der Waals surface area (Å²) in [5.74, 6) is 1.59. The van der Waals surface area contributed by atoms with Crippen molar-refractivity contribution in [3.63, 3.8) is 0 Å². The summed E-state index contributed by atoms with van der Waals surface area (Å²) in [7, 11) is 0. The summed E-state index contributed by atoms with van der Waals surface area (Å²) in [6.07, 6.45) is 5.31. The Labute approximate surface area is 102 Å². The van der Waals surface area contributed by atoms with Crippen molar-refractivity contribution in [3.8, 4) is 0 Å². The lowest BCUT2D eigenvalue weighted by atomic mass is 9.94. The Morgan fingerprint density at radius 3 is 2.12 bits per heavy atom. The van der Waals surface area contributed by atoms with Crippen LogP contribution in [0.4, 0.5) is 0 Å². The van der Waals surface area contributed by atoms with Crippen LogP contribution in [0.2, 0.25) is 0 Å². The first-order valence-corrected chi connectivity index (χ1v) is 7.00. The zero-order chi connectivity index (χ0) is 12.1. The van der Waals surface area contributed by atoms with Gasteiger partial charge < -0.3 is 5.73 Å². The van der Waals surface area contributed by atoms with E-state index in [4.69, 9.17) is 5.73 Å². The molecule has 1 aliphatic heterocycles. The van der Waals surface area contributed by atoms with Crippen LogP contribution in [0.3, 0.4) is 0 Å². The summed E-state index contributed by atoms with van der Waals surface area (Å²) in [4.78, 5) is 2.69. The van der Waals surface area contributed by atoms with E-state index in [2.05, 4.69) is 32.6 Å². The number of rotatable bonds is 6. The third-order valence-electron chi connectivity index (χ3n) is 3.65. The third kappa shape index (κ3) is 4.06. The lowest BCUT2D eigenvalue weighted by Gasteiger charge is -2.34. The van der Waals surface area contributed by atoms with Gasteiger partial charge in [0.25, 0.3) is 0 Å². The highest BCUT2D eigenvalue weighted by atomic mass is 15.2. The molecule has 1 aliphatic rings. The Morgan fingerprint density at radius 2 is 1.69 bits per heavy atom. The number of nitrogens with zero attached hydrogens (tertiary/aromatic N) is 1. The first-order valence-electron chi connectivity index (χ1n) is 7.00. The molecular formula is C14H30N2. The molecule has 1 heterocycles. The molecule has 1 fully saturated rings. The Bertz CT molecular complexity index is 179. The van der Waals surface area contributed by atoms with Gasteiger partial charge in [-0.2, -0.15) is 0 Å². The van der Waals surface area contributed by atoms with Crippen molar-refractivity contribution in [2.75, 3.05) is 13.1 Å². The van der Waals surface area contributed by atoms with Gasteiger partial charge in [-0.3, -0.25) is 4.90 Å². The minimum atomic E-state index is 0.655. The van der Waals surface area contributed by atoms with E-state index in [0.29, 0.717) is 6.04 Å². The van der Waals surface area contributed by atoms with Crippen LogP contribution in [0.1, 0.15) is 53.4 Å². The molecule has 0 amide bonds. The van der Waals surface area contributed by atoms with Gasteiger partial charge in [0, 0.05) is 18.6 Å². The van der Waals surface area contributed by atoms with Crippen molar-refractivity contribution in [2.24, 2.45) is 17.6 Å². The Morgan fingerprint density at radius 1 is 1.12 bits per heavy atom. The molecule has 0 radical (unpaired) electrons. The first-order chi connectivity index (χ1) is 7.54. The van der Waals surface area contributed by atoms with Crippen LogP contribution >= 0.6 is 0 Å². The number of likely N-dealkylation sites (tertiary alicyclic amines) is 1. The second-order valence-corrected chi connectivity index (χ2v) is 6.18. The van der Waals surface area contributed by atoms with Gasteiger partial charge >= 0.3 is 0 Å². The zero-order valence-corrected chi connectivity index (χ0v) is 11.6. The minimum Gasteiger partial charge on any atom is -0.329 e. The predicted octanol–water partition coefficient (Wildman–Crippen LogP) is 2.87. The molecule has 0 aromatic rings. The average molecular weight is 226 g/mol. The summed E-state index contributed by atoms with van der Waals surface area (Å²) >= 11 is 0. The van der Waals surface area contributed by atoms with Gasteiger partial charge in [-0.15, -0.1) is 0 Å². The summed E-state index contributed by atoms with van der Waals surface area (Å²) in [6.45, 7) is 11.4. The minimum absolute atomic E-state index is 0.655. The molecular weight excluding hydrogens is 196 g/mol. The average Bonchev–Trinajstić information content (AvgIpc) is 2.62. The van der Waals surface area contributed by atoms with Gasteiger partial charge in [0.15, 0.2) is 0 Å². The van der Waals surface area contributed by atoms with Gasteiger partial charge in [0.1, 0.15) is 0 Å². The van der Waals surface area contributed by atoms with Crippen molar-refractivity contribution >= 4 is 0 Å². The highest BCUT2D eigenvalue weighted by Gasteiger charge is 2.30. The SMILES string of the molecule is CC(C)CC(CC(C)C)N1CCCC1CN. The van der Waals surface area contributed by atoms with E-state index in [-0.39, 0.29) is 0 Å². The standard InChI is InChI=1S/C14H30N2/c1-11(2)8-14(9-12(3)4)16-7-5-6-13(16)10-15/h11-14H,5-10,15H2,1-4H3. The quantitative estimate of drug-likeness (QED) is 0.754. The summed E-state index contributed by atoms with van der Waals surface area (Å²) < 4.78 is 0. The van der Waals surface area contributed by atoms with Crippen LogP contribution in [0.5, 0.6) is 0 Å². The molecule has 1 atom stereocenters. The van der Waals surface area contributed by atoms with Gasteiger partial charge in [-0.25, -0.2) is 0 Å². The fourth-order valence-corrected chi connectivity index (χ4v) is 3.05. The lowest BCUT2D eigenvalue weighted by molar-refractivity contribution is 0.141. The molecule has 0 aliphatic carbocycles. The molecule has 0 saturated carbocycles. The van der Waals surface area contributed by atoms with E-state index in [1.807, 2.05) is 0 Å². The maximum Gasteiger partial charge on any atom is 0.0221 e. The van der Waals surface area contributed by atoms with Crippen molar-refractivity contribution in [1.82, 2.24) is 4.90 Å². The number of hydrogen-bond donors (Lipinski definition) is 1. The number of nitrogens with two attached hydrogens (primary N) is 1. The van der Waals surface area contributed by atoms with Crippen molar-refractivity contribution in [1.29, 1.82) is 0 Å². The van der Waals surface area contributed by atoms with E-state index in [9.17, 15) is 0 Å². The van der Waals surface area contributed by atoms with Crippen molar-refractivity contribution in [2.45, 2.75) is 65.5 Å². The van der Waals surface area contributed by atoms with Crippen molar-refractivity contribution in [3.05, 3.63) is 0 Å². The Balaban J connectivity index is 2.59. The van der Waals surface area contributed by atoms with Crippen LogP contribution in [0, 0.1) is 11.8 Å². The van der Waals surface area contributed by atoms with E-state index >= 15 is 0 Å². The van der Waals surface area contributed by atoms with Gasteiger partial charge in [-0.1, -0.05) is 27.7 Å². The van der Waals surface area contributed by atoms with Gasteiger partial charge in [-0.05, 0) is 44.1 Å². The molecule has 1 unspecified atom stereocenters. The molecule has 2 heteroatoms. The van der Waals surface area contributed by atoms with Gasteiger partial charge in [0.05, 0.1) is 0 Å². The predicted molar refractivity (Wildman–Crippen MR) is 71.5 cm³/mol. The van der Waals surface area contributed by atoms with E-state index < -0.39 is 0 Å². The van der Waals surface area contributed by atoms with Crippen molar-refractivity contribution < 1.29 is 0 Å². The summed E-state index contributed by atoms with van der Waals surface area (Å²) in [5, 5.41) is 0. The van der Waals surface area contributed by atoms with E-state index in [1.54, 1.807) is 0 Å². The topological polar surface area (TPSA) is 29.3 Å². The van der Waals surface area contributed by atoms with Crippen LogP contribution < -0.4 is 5.73 Å². The fraction of sp³-hybridized carbons (Fsp3) is 1.00. The monoisotopic (exact) mass is 226 g/mol. The smallest absolute Gasteiger partial charge is 0.0221 e. The normalized spacial score (nSPS) is 22.9. The highest BCUT2D eigenvalue weighted by molar-refractivity contribution is 4.86. The summed E-state index contributed by atoms with van der Waals surface area (Å²) in [5.41, 5.74) is 5.88. The van der Waals surface area contributed by atoms with Crippen LogP contribution in [-0.4, -0.2) is 30.1 Å². The van der Waals surface area contributed by atoms with Crippen LogP contribution in [0.15, 0.2) is 0 Å². The third-order valence-corrected chi connectivity index (χ3v) is 3.65. The molecule has 96 valence electrons. The second-order valence-electron chi connectivity index (χ2n) is 6.18. The number of hydrogen-bond acceptors (Lipinski definition) is 2. The molecule has 2 N–H and O–H groups in total. The Hall–Kier alpha value is -0.0800. The molecule has 0 bridgehead atoms. The zero-order valence-electron chi connectivity index (χ0n) is 11.6. The molecule has 16 heavy (non-hydrogen) atoms. The molecule has 2 nitrogen and oxygen atoms in total. The molecule has 1 rings (SSSR count). The van der Waals surface area contributed by atoms with E-state index in [0.717, 1.165) is 24.4 Å². The van der Waals surface area contributed by atoms with E-state index in [1.165, 1.54) is 32.2 Å². The molecule has 1 saturated heterocycles. The first kappa shape index (κ1) is 14.0. The summed E-state index contributed by atoms with van der Waals surface area (Å²) in [6, 6.07) is 1.42. The second kappa shape index (κ2) is 6.61. The van der Waals surface area contributed by atoms with Crippen LogP contribution in [-0.2, 0) is 0 Å². The molecule has 0 spiro atoms.